The van der Waals surface area contributed by atoms with Crippen molar-refractivity contribution in [2.24, 2.45) is 11.7 Å². The quantitative estimate of drug-likeness (QED) is 0.921. The first-order chi connectivity index (χ1) is 9.64. The predicted octanol–water partition coefficient (Wildman–Crippen LogP) is 3.26. The van der Waals surface area contributed by atoms with Gasteiger partial charge < -0.3 is 10.3 Å². The molecule has 0 radical (unpaired) electrons. The first-order valence-corrected chi connectivity index (χ1v) is 8.21. The molecule has 0 aliphatic heterocycles. The van der Waals surface area contributed by atoms with Crippen LogP contribution in [0.1, 0.15) is 48.9 Å². The third-order valence-electron chi connectivity index (χ3n) is 4.66. The van der Waals surface area contributed by atoms with Gasteiger partial charge in [0.15, 0.2) is 5.82 Å². The predicted molar refractivity (Wildman–Crippen MR) is 78.5 cm³/mol. The van der Waals surface area contributed by atoms with Crippen molar-refractivity contribution in [1.82, 2.24) is 10.1 Å². The first kappa shape index (κ1) is 12.5. The minimum absolute atomic E-state index is 0.340. The molecule has 2 aromatic heterocycles. The van der Waals surface area contributed by atoms with Crippen LogP contribution in [0.4, 0.5) is 0 Å². The van der Waals surface area contributed by atoms with Crippen LogP contribution < -0.4 is 5.73 Å². The van der Waals surface area contributed by atoms with Gasteiger partial charge in [0.2, 0.25) is 0 Å². The molecule has 0 spiro atoms. The third-order valence-corrected chi connectivity index (χ3v) is 5.88. The molecule has 2 N–H and O–H groups in total. The maximum absolute atomic E-state index is 6.25. The molecule has 4 nitrogen and oxygen atoms in total. The van der Waals surface area contributed by atoms with Gasteiger partial charge in [-0.1, -0.05) is 12.1 Å². The fourth-order valence-electron chi connectivity index (χ4n) is 3.12. The summed E-state index contributed by atoms with van der Waals surface area (Å²) in [5.74, 6) is 2.10. The zero-order chi connectivity index (χ0) is 13.7. The van der Waals surface area contributed by atoms with E-state index in [1.807, 2.05) is 0 Å². The Labute approximate surface area is 122 Å². The van der Waals surface area contributed by atoms with Crippen molar-refractivity contribution in [2.75, 3.05) is 0 Å². The highest BCUT2D eigenvalue weighted by atomic mass is 32.1. The van der Waals surface area contributed by atoms with Crippen LogP contribution in [0.5, 0.6) is 0 Å². The van der Waals surface area contributed by atoms with Crippen molar-refractivity contribution < 1.29 is 4.52 Å². The van der Waals surface area contributed by atoms with Crippen molar-refractivity contribution in [3.8, 4) is 10.8 Å². The Morgan fingerprint density at radius 2 is 2.30 bits per heavy atom. The van der Waals surface area contributed by atoms with E-state index in [9.17, 15) is 0 Å². The Balaban J connectivity index is 1.65. The second kappa shape index (κ2) is 4.40. The summed E-state index contributed by atoms with van der Waals surface area (Å²) < 4.78 is 5.45. The second-order valence-corrected chi connectivity index (χ2v) is 7.48. The van der Waals surface area contributed by atoms with Crippen molar-refractivity contribution in [1.29, 1.82) is 0 Å². The number of hydrogen-bond acceptors (Lipinski definition) is 5. The topological polar surface area (TPSA) is 64.9 Å². The van der Waals surface area contributed by atoms with E-state index in [1.54, 1.807) is 11.3 Å². The number of aromatic nitrogens is 2. The van der Waals surface area contributed by atoms with Gasteiger partial charge >= 0.3 is 0 Å². The van der Waals surface area contributed by atoms with Crippen LogP contribution in [-0.2, 0) is 18.4 Å². The van der Waals surface area contributed by atoms with Crippen molar-refractivity contribution in [3.63, 3.8) is 0 Å². The molecule has 5 heteroatoms. The van der Waals surface area contributed by atoms with Gasteiger partial charge in [-0.05, 0) is 56.1 Å². The Kier molecular flexibility index (Phi) is 2.76. The molecular formula is C15H19N3OS. The summed E-state index contributed by atoms with van der Waals surface area (Å²) in [5.41, 5.74) is 7.38. The zero-order valence-electron chi connectivity index (χ0n) is 11.7. The average molecular weight is 289 g/mol. The van der Waals surface area contributed by atoms with Crippen LogP contribution in [0.2, 0.25) is 0 Å². The van der Waals surface area contributed by atoms with Gasteiger partial charge in [0.25, 0.3) is 5.89 Å². The number of aryl methyl sites for hydroxylation is 1. The average Bonchev–Trinajstić information content (AvgIpc) is 3.01. The van der Waals surface area contributed by atoms with E-state index in [0.29, 0.717) is 11.7 Å². The lowest BCUT2D eigenvalue weighted by Crippen LogP contribution is -2.44. The highest BCUT2D eigenvalue weighted by Crippen LogP contribution is 2.40. The molecule has 0 amide bonds. The first-order valence-electron chi connectivity index (χ1n) is 7.39. The van der Waals surface area contributed by atoms with E-state index in [1.165, 1.54) is 29.7 Å². The summed E-state index contributed by atoms with van der Waals surface area (Å²) in [7, 11) is 0. The Hall–Kier alpha value is -1.20. The number of hydrogen-bond donors (Lipinski definition) is 1. The number of fused-ring (bicyclic) bond motifs is 1. The highest BCUT2D eigenvalue weighted by Gasteiger charge is 2.39. The molecule has 1 saturated carbocycles. The molecule has 0 bridgehead atoms. The van der Waals surface area contributed by atoms with E-state index < -0.39 is 0 Å². The monoisotopic (exact) mass is 289 g/mol. The molecule has 2 aliphatic rings. The second-order valence-electron chi connectivity index (χ2n) is 6.34. The van der Waals surface area contributed by atoms with Crippen LogP contribution in [-0.4, -0.2) is 10.1 Å². The third kappa shape index (κ3) is 1.91. The van der Waals surface area contributed by atoms with Gasteiger partial charge in [0, 0.05) is 4.88 Å². The molecule has 0 aromatic carbocycles. The lowest BCUT2D eigenvalue weighted by molar-refractivity contribution is 0.229. The van der Waals surface area contributed by atoms with Crippen LogP contribution >= 0.6 is 11.3 Å². The Morgan fingerprint density at radius 1 is 1.45 bits per heavy atom. The maximum atomic E-state index is 6.25. The number of rotatable bonds is 2. The summed E-state index contributed by atoms with van der Waals surface area (Å²) in [6.45, 7) is 2.32. The summed E-state index contributed by atoms with van der Waals surface area (Å²) in [4.78, 5) is 7.14. The fraction of sp³-hybridized carbons (Fsp3) is 0.600. The van der Waals surface area contributed by atoms with Gasteiger partial charge in [0.05, 0.1) is 10.4 Å². The van der Waals surface area contributed by atoms with Crippen molar-refractivity contribution in [2.45, 2.75) is 51.0 Å². The molecule has 1 fully saturated rings. The number of nitrogens with zero attached hydrogens (tertiary/aromatic N) is 2. The van der Waals surface area contributed by atoms with Gasteiger partial charge in [-0.25, -0.2) is 0 Å². The summed E-state index contributed by atoms with van der Waals surface area (Å²) in [6, 6.07) is 2.23. The largest absolute Gasteiger partial charge is 0.333 e. The normalized spacial score (nSPS) is 24.2. The van der Waals surface area contributed by atoms with Crippen molar-refractivity contribution >= 4 is 11.3 Å². The minimum Gasteiger partial charge on any atom is -0.333 e. The van der Waals surface area contributed by atoms with Crippen LogP contribution in [0, 0.1) is 5.92 Å². The minimum atomic E-state index is -0.340. The SMILES string of the molecule is CC1CCc2sc(-c3nc(C4(N)CCC4)no3)cc2C1. The van der Waals surface area contributed by atoms with Gasteiger partial charge in [0.1, 0.15) is 0 Å². The Bertz CT molecular complexity index is 641. The van der Waals surface area contributed by atoms with E-state index in [-0.39, 0.29) is 5.54 Å². The number of nitrogens with two attached hydrogens (primary N) is 1. The molecule has 20 heavy (non-hydrogen) atoms. The molecule has 1 unspecified atom stereocenters. The standard InChI is InChI=1S/C15H19N3OS/c1-9-3-4-11-10(7-9)8-12(20-11)13-17-14(18-19-13)15(16)5-2-6-15/h8-9H,2-7,16H2,1H3. The van der Waals surface area contributed by atoms with Crippen LogP contribution in [0.25, 0.3) is 10.8 Å². The zero-order valence-corrected chi connectivity index (χ0v) is 12.5. The molecule has 2 aliphatic carbocycles. The van der Waals surface area contributed by atoms with Gasteiger partial charge in [-0.15, -0.1) is 11.3 Å². The molecule has 2 heterocycles. The smallest absolute Gasteiger partial charge is 0.268 e. The summed E-state index contributed by atoms with van der Waals surface area (Å²) in [5, 5.41) is 4.10. The van der Waals surface area contributed by atoms with Gasteiger partial charge in [-0.2, -0.15) is 4.98 Å². The van der Waals surface area contributed by atoms with Crippen LogP contribution in [0.15, 0.2) is 10.6 Å². The van der Waals surface area contributed by atoms with Gasteiger partial charge in [-0.3, -0.25) is 0 Å². The molecule has 1 atom stereocenters. The van der Waals surface area contributed by atoms with E-state index in [2.05, 4.69) is 23.1 Å². The lowest BCUT2D eigenvalue weighted by Gasteiger charge is -2.34. The number of thiophene rings is 1. The summed E-state index contributed by atoms with van der Waals surface area (Å²) >= 11 is 1.80. The van der Waals surface area contributed by atoms with E-state index >= 15 is 0 Å². The molecule has 4 rings (SSSR count). The molecule has 106 valence electrons. The summed E-state index contributed by atoms with van der Waals surface area (Å²) in [6.07, 6.45) is 6.73. The maximum Gasteiger partial charge on any atom is 0.268 e. The molecular weight excluding hydrogens is 270 g/mol. The van der Waals surface area contributed by atoms with E-state index in [4.69, 9.17) is 10.3 Å². The van der Waals surface area contributed by atoms with Crippen LogP contribution in [0.3, 0.4) is 0 Å². The fourth-order valence-corrected chi connectivity index (χ4v) is 4.25. The van der Waals surface area contributed by atoms with Crippen molar-refractivity contribution in [3.05, 3.63) is 22.3 Å². The highest BCUT2D eigenvalue weighted by molar-refractivity contribution is 7.15. The van der Waals surface area contributed by atoms with E-state index in [0.717, 1.165) is 30.1 Å². The molecule has 0 saturated heterocycles. The lowest BCUT2D eigenvalue weighted by atomic mass is 9.77. The molecule has 2 aromatic rings. The Morgan fingerprint density at radius 3 is 3.05 bits per heavy atom.